The van der Waals surface area contributed by atoms with E-state index in [0.29, 0.717) is 28.7 Å². The number of rotatable bonds is 9. The molecule has 1 heterocycles. The van der Waals surface area contributed by atoms with Crippen LogP contribution >= 0.6 is 0 Å². The molecule has 1 saturated carbocycles. The molecule has 2 atom stereocenters. The topological polar surface area (TPSA) is 119 Å². The predicted octanol–water partition coefficient (Wildman–Crippen LogP) is 6.29. The highest BCUT2D eigenvalue weighted by atomic mass is 16.6. The van der Waals surface area contributed by atoms with Crippen LogP contribution in [0, 0.1) is 5.92 Å². The molecule has 3 N–H and O–H groups in total. The predicted molar refractivity (Wildman–Crippen MR) is 161 cm³/mol. The van der Waals surface area contributed by atoms with Gasteiger partial charge in [-0.1, -0.05) is 55.5 Å². The minimum absolute atomic E-state index is 0.180. The zero-order valence-corrected chi connectivity index (χ0v) is 23.6. The number of pyridine rings is 1. The lowest BCUT2D eigenvalue weighted by molar-refractivity contribution is 0.0945. The van der Waals surface area contributed by atoms with Crippen molar-refractivity contribution in [2.75, 3.05) is 17.7 Å². The Bertz CT molecular complexity index is 1590. The number of anilines is 2. The van der Waals surface area contributed by atoms with Gasteiger partial charge in [-0.3, -0.25) is 14.9 Å². The summed E-state index contributed by atoms with van der Waals surface area (Å²) in [5.74, 6) is 0.267. The maximum absolute atomic E-state index is 13.1. The van der Waals surface area contributed by atoms with Gasteiger partial charge in [0.2, 0.25) is 0 Å². The minimum atomic E-state index is -0.546. The van der Waals surface area contributed by atoms with Crippen LogP contribution in [0.5, 0.6) is 5.75 Å². The molecule has 1 fully saturated rings. The van der Waals surface area contributed by atoms with Crippen LogP contribution in [-0.4, -0.2) is 35.6 Å². The summed E-state index contributed by atoms with van der Waals surface area (Å²) in [6.45, 7) is 4.11. The van der Waals surface area contributed by atoms with Gasteiger partial charge in [0.25, 0.3) is 11.8 Å². The van der Waals surface area contributed by atoms with Crippen LogP contribution in [0.4, 0.5) is 16.3 Å². The first-order valence-corrected chi connectivity index (χ1v) is 13.6. The van der Waals surface area contributed by atoms with Crippen molar-refractivity contribution in [3.05, 3.63) is 108 Å². The van der Waals surface area contributed by atoms with Gasteiger partial charge in [0.05, 0.1) is 12.7 Å². The third kappa shape index (κ3) is 6.75. The first-order valence-electron chi connectivity index (χ1n) is 13.6. The second-order valence-electron chi connectivity index (χ2n) is 10.5. The van der Waals surface area contributed by atoms with Crippen molar-refractivity contribution < 1.29 is 23.9 Å². The summed E-state index contributed by atoms with van der Waals surface area (Å²) in [6.07, 6.45) is 1.85. The van der Waals surface area contributed by atoms with Crippen LogP contribution in [0.2, 0.25) is 0 Å². The van der Waals surface area contributed by atoms with Crippen LogP contribution in [0.3, 0.4) is 0 Å². The second kappa shape index (κ2) is 12.1. The maximum Gasteiger partial charge on any atom is 0.413 e. The zero-order valence-electron chi connectivity index (χ0n) is 23.6. The Balaban J connectivity index is 1.18. The molecule has 0 spiro atoms. The van der Waals surface area contributed by atoms with Crippen molar-refractivity contribution in [2.24, 2.45) is 5.92 Å². The Labute approximate surface area is 244 Å². The quantitative estimate of drug-likeness (QED) is 0.220. The van der Waals surface area contributed by atoms with Crippen LogP contribution in [0.25, 0.3) is 11.1 Å². The number of carbonyl (C=O) groups is 3. The second-order valence-corrected chi connectivity index (χ2v) is 10.5. The molecule has 1 aromatic heterocycles. The third-order valence-electron chi connectivity index (χ3n) is 7.38. The number of aromatic nitrogens is 1. The molecule has 3 aromatic carbocycles. The number of benzene rings is 3. The molecule has 0 aliphatic heterocycles. The van der Waals surface area contributed by atoms with Gasteiger partial charge < -0.3 is 20.1 Å². The van der Waals surface area contributed by atoms with Crippen LogP contribution in [0.1, 0.15) is 46.5 Å². The van der Waals surface area contributed by atoms with Crippen molar-refractivity contribution in [3.63, 3.8) is 0 Å². The molecule has 0 bridgehead atoms. The summed E-state index contributed by atoms with van der Waals surface area (Å²) < 4.78 is 10.8. The van der Waals surface area contributed by atoms with Gasteiger partial charge >= 0.3 is 6.09 Å². The highest BCUT2D eigenvalue weighted by molar-refractivity contribution is 6.07. The van der Waals surface area contributed by atoms with Gasteiger partial charge in [-0.25, -0.2) is 9.78 Å². The Morgan fingerprint density at radius 2 is 1.62 bits per heavy atom. The van der Waals surface area contributed by atoms with E-state index in [4.69, 9.17) is 9.47 Å². The van der Waals surface area contributed by atoms with Crippen molar-refractivity contribution in [3.8, 4) is 16.9 Å². The molecular weight excluding hydrogens is 532 g/mol. The third-order valence-corrected chi connectivity index (χ3v) is 7.38. The van der Waals surface area contributed by atoms with Crippen LogP contribution < -0.4 is 20.7 Å². The Morgan fingerprint density at radius 3 is 2.26 bits per heavy atom. The van der Waals surface area contributed by atoms with Gasteiger partial charge in [-0.05, 0) is 72.4 Å². The summed E-state index contributed by atoms with van der Waals surface area (Å²) in [6, 6.07) is 25.6. The monoisotopic (exact) mass is 564 g/mol. The number of nitrogens with one attached hydrogen (secondary N) is 3. The molecule has 0 radical (unpaired) electrons. The fourth-order valence-corrected chi connectivity index (χ4v) is 4.52. The zero-order chi connectivity index (χ0) is 29.7. The Morgan fingerprint density at radius 1 is 0.905 bits per heavy atom. The Hall–Kier alpha value is -5.18. The van der Waals surface area contributed by atoms with E-state index in [1.54, 1.807) is 30.5 Å². The number of amides is 3. The van der Waals surface area contributed by atoms with Crippen LogP contribution in [0.15, 0.2) is 91.1 Å². The SMILES string of the molecule is COc1ccc(C(=O)Nc2ccc(-c3ccccc3)cc2)cc1C(=O)NCc1ccc(NC(=O)OC2(C)CC2C)nc1. The molecule has 1 aliphatic carbocycles. The lowest BCUT2D eigenvalue weighted by Crippen LogP contribution is -2.24. The summed E-state index contributed by atoms with van der Waals surface area (Å²) >= 11 is 0. The summed E-state index contributed by atoms with van der Waals surface area (Å²) in [4.78, 5) is 42.4. The lowest BCUT2D eigenvalue weighted by Gasteiger charge is -2.13. The fourth-order valence-electron chi connectivity index (χ4n) is 4.52. The van der Waals surface area contributed by atoms with E-state index in [1.165, 1.54) is 13.2 Å². The molecule has 9 nitrogen and oxygen atoms in total. The van der Waals surface area contributed by atoms with Gasteiger partial charge in [0, 0.05) is 24.0 Å². The van der Waals surface area contributed by atoms with Gasteiger partial charge in [0.15, 0.2) is 0 Å². The average Bonchev–Trinajstić information content (AvgIpc) is 3.60. The summed E-state index contributed by atoms with van der Waals surface area (Å²) in [7, 11) is 1.46. The Kier molecular flexibility index (Phi) is 8.19. The molecule has 2 unspecified atom stereocenters. The molecule has 5 rings (SSSR count). The van der Waals surface area contributed by atoms with Gasteiger partial charge in [-0.15, -0.1) is 0 Å². The molecule has 4 aromatic rings. The van der Waals surface area contributed by atoms with E-state index in [9.17, 15) is 14.4 Å². The number of ether oxygens (including phenoxy) is 2. The van der Waals surface area contributed by atoms with Crippen molar-refractivity contribution in [2.45, 2.75) is 32.4 Å². The maximum atomic E-state index is 13.1. The van der Waals surface area contributed by atoms with E-state index >= 15 is 0 Å². The van der Waals surface area contributed by atoms with Gasteiger partial charge in [-0.2, -0.15) is 0 Å². The normalized spacial score (nSPS) is 17.1. The molecule has 214 valence electrons. The average molecular weight is 565 g/mol. The number of hydrogen-bond acceptors (Lipinski definition) is 6. The first kappa shape index (κ1) is 28.4. The standard InChI is InChI=1S/C33H32N4O5/c1-21-18-33(21,2)42-32(40)37-29-16-9-22(19-34-29)20-35-31(39)27-17-25(12-15-28(27)41-3)30(38)36-26-13-10-24(11-14-26)23-7-5-4-6-8-23/h4-17,19,21H,18,20H2,1-3H3,(H,35,39)(H,36,38)(H,34,37,40). The molecular formula is C33H32N4O5. The van der Waals surface area contributed by atoms with E-state index in [1.807, 2.05) is 68.4 Å². The van der Waals surface area contributed by atoms with E-state index in [-0.39, 0.29) is 18.0 Å². The van der Waals surface area contributed by atoms with Crippen molar-refractivity contribution in [1.82, 2.24) is 10.3 Å². The molecule has 3 amide bonds. The first-order chi connectivity index (χ1) is 20.2. The van der Waals surface area contributed by atoms with Crippen LogP contribution in [-0.2, 0) is 11.3 Å². The van der Waals surface area contributed by atoms with Crippen molar-refractivity contribution >= 4 is 29.4 Å². The highest BCUT2D eigenvalue weighted by Crippen LogP contribution is 2.46. The molecule has 42 heavy (non-hydrogen) atoms. The van der Waals surface area contributed by atoms with Gasteiger partial charge in [0.1, 0.15) is 17.2 Å². The molecule has 9 heteroatoms. The molecule has 0 saturated heterocycles. The fraction of sp³-hybridized carbons (Fsp3) is 0.212. The largest absolute Gasteiger partial charge is 0.496 e. The number of methoxy groups -OCH3 is 1. The smallest absolute Gasteiger partial charge is 0.413 e. The number of nitrogens with zero attached hydrogens (tertiary/aromatic N) is 1. The van der Waals surface area contributed by atoms with Crippen molar-refractivity contribution in [1.29, 1.82) is 0 Å². The summed E-state index contributed by atoms with van der Waals surface area (Å²) in [5.41, 5.74) is 3.60. The van der Waals surface area contributed by atoms with E-state index in [0.717, 1.165) is 23.1 Å². The summed E-state index contributed by atoms with van der Waals surface area (Å²) in [5, 5.41) is 8.33. The number of carbonyl (C=O) groups excluding carboxylic acids is 3. The minimum Gasteiger partial charge on any atom is -0.496 e. The molecule has 1 aliphatic rings. The lowest BCUT2D eigenvalue weighted by atomic mass is 10.1. The number of hydrogen-bond donors (Lipinski definition) is 3. The van der Waals surface area contributed by atoms with E-state index in [2.05, 4.69) is 20.9 Å². The highest BCUT2D eigenvalue weighted by Gasteiger charge is 2.50. The van der Waals surface area contributed by atoms with E-state index < -0.39 is 17.6 Å².